The summed E-state index contributed by atoms with van der Waals surface area (Å²) in [5.41, 5.74) is 7.33. The molecule has 1 unspecified atom stereocenters. The zero-order valence-corrected chi connectivity index (χ0v) is 12.9. The van der Waals surface area contributed by atoms with Gasteiger partial charge in [0.1, 0.15) is 5.75 Å². The van der Waals surface area contributed by atoms with E-state index in [1.807, 2.05) is 39.0 Å². The number of rotatable bonds is 7. The van der Waals surface area contributed by atoms with Gasteiger partial charge in [-0.1, -0.05) is 24.6 Å². The molecule has 2 N–H and O–H groups in total. The fourth-order valence-corrected chi connectivity index (χ4v) is 2.34. The van der Waals surface area contributed by atoms with Gasteiger partial charge in [-0.25, -0.2) is 0 Å². The predicted molar refractivity (Wildman–Crippen MR) is 79.8 cm³/mol. The summed E-state index contributed by atoms with van der Waals surface area (Å²) >= 11 is 0. The maximum Gasteiger partial charge on any atom is 0.313 e. The van der Waals surface area contributed by atoms with Crippen LogP contribution in [0.25, 0.3) is 0 Å². The van der Waals surface area contributed by atoms with Crippen LogP contribution in [0.5, 0.6) is 5.75 Å². The quantitative estimate of drug-likeness (QED) is 0.779. The van der Waals surface area contributed by atoms with Gasteiger partial charge in [0.05, 0.1) is 19.1 Å². The molecular formula is C16H25NO3. The third-order valence-electron chi connectivity index (χ3n) is 3.74. The van der Waals surface area contributed by atoms with Gasteiger partial charge in [0.2, 0.25) is 0 Å². The highest BCUT2D eigenvalue weighted by Crippen LogP contribution is 2.32. The maximum absolute atomic E-state index is 12.3. The first kappa shape index (κ1) is 16.5. The molecule has 4 nitrogen and oxygen atoms in total. The first-order valence-electron chi connectivity index (χ1n) is 7.03. The molecule has 0 aliphatic rings. The highest BCUT2D eigenvalue weighted by atomic mass is 16.5. The average molecular weight is 279 g/mol. The van der Waals surface area contributed by atoms with Crippen molar-refractivity contribution in [2.24, 2.45) is 11.1 Å². The molecule has 0 aromatic heterocycles. The second kappa shape index (κ2) is 7.29. The summed E-state index contributed by atoms with van der Waals surface area (Å²) in [5.74, 6) is 0.555. The van der Waals surface area contributed by atoms with Crippen LogP contribution >= 0.6 is 0 Å². The molecule has 0 aliphatic heterocycles. The Morgan fingerprint density at radius 1 is 1.35 bits per heavy atom. The number of carbonyl (C=O) groups is 1. The van der Waals surface area contributed by atoms with Crippen LogP contribution in [0.15, 0.2) is 18.2 Å². The Kier molecular flexibility index (Phi) is 6.02. The third-order valence-corrected chi connectivity index (χ3v) is 3.74. The molecule has 1 aromatic carbocycles. The summed E-state index contributed by atoms with van der Waals surface area (Å²) in [6.07, 6.45) is 1.17. The largest absolute Gasteiger partial charge is 0.496 e. The number of ether oxygens (including phenoxy) is 2. The van der Waals surface area contributed by atoms with Gasteiger partial charge in [0, 0.05) is 6.54 Å². The molecule has 0 saturated heterocycles. The monoisotopic (exact) mass is 279 g/mol. The minimum Gasteiger partial charge on any atom is -0.496 e. The number of hydrogen-bond donors (Lipinski definition) is 1. The summed E-state index contributed by atoms with van der Waals surface area (Å²) in [7, 11) is 1.63. The summed E-state index contributed by atoms with van der Waals surface area (Å²) < 4.78 is 10.6. The second-order valence-corrected chi connectivity index (χ2v) is 5.05. The van der Waals surface area contributed by atoms with Crippen LogP contribution < -0.4 is 10.5 Å². The molecule has 1 rings (SSSR count). The van der Waals surface area contributed by atoms with E-state index in [4.69, 9.17) is 15.2 Å². The molecule has 0 radical (unpaired) electrons. The lowest BCUT2D eigenvalue weighted by Gasteiger charge is -2.29. The number of methoxy groups -OCH3 is 1. The molecule has 0 spiro atoms. The number of esters is 1. The SMILES string of the molecule is CCOC(=O)C(CC)(CN)Cc1cc(C)ccc1OC. The molecule has 0 aliphatic carbocycles. The van der Waals surface area contributed by atoms with Gasteiger partial charge < -0.3 is 15.2 Å². The first-order valence-corrected chi connectivity index (χ1v) is 7.03. The van der Waals surface area contributed by atoms with E-state index in [1.165, 1.54) is 0 Å². The summed E-state index contributed by atoms with van der Waals surface area (Å²) in [5, 5.41) is 0. The van der Waals surface area contributed by atoms with Crippen molar-refractivity contribution in [2.75, 3.05) is 20.3 Å². The molecule has 1 atom stereocenters. The van der Waals surface area contributed by atoms with Gasteiger partial charge in [-0.15, -0.1) is 0 Å². The molecule has 0 saturated carbocycles. The Bertz CT molecular complexity index is 453. The lowest BCUT2D eigenvalue weighted by molar-refractivity contribution is -0.155. The van der Waals surface area contributed by atoms with E-state index < -0.39 is 5.41 Å². The molecular weight excluding hydrogens is 254 g/mol. The van der Waals surface area contributed by atoms with Crippen LogP contribution in [0.4, 0.5) is 0 Å². The molecule has 4 heteroatoms. The van der Waals surface area contributed by atoms with E-state index in [2.05, 4.69) is 0 Å². The molecule has 0 bridgehead atoms. The normalized spacial score (nSPS) is 13.7. The van der Waals surface area contributed by atoms with Crippen molar-refractivity contribution >= 4 is 5.97 Å². The van der Waals surface area contributed by atoms with Gasteiger partial charge in [0.25, 0.3) is 0 Å². The summed E-state index contributed by atoms with van der Waals surface area (Å²) in [6, 6.07) is 5.95. The standard InChI is InChI=1S/C16H25NO3/c1-5-16(11-17,15(18)20-6-2)10-13-9-12(3)7-8-14(13)19-4/h7-9H,5-6,10-11,17H2,1-4H3. The molecule has 112 valence electrons. The van der Waals surface area contributed by atoms with Crippen molar-refractivity contribution in [3.05, 3.63) is 29.3 Å². The van der Waals surface area contributed by atoms with E-state index in [0.29, 0.717) is 19.4 Å². The molecule has 20 heavy (non-hydrogen) atoms. The lowest BCUT2D eigenvalue weighted by Crippen LogP contribution is -2.41. The Morgan fingerprint density at radius 2 is 2.05 bits per heavy atom. The van der Waals surface area contributed by atoms with Gasteiger partial charge in [-0.3, -0.25) is 4.79 Å². The van der Waals surface area contributed by atoms with Crippen molar-refractivity contribution in [1.29, 1.82) is 0 Å². The number of nitrogens with two attached hydrogens (primary N) is 1. The van der Waals surface area contributed by atoms with Crippen LogP contribution in [0.2, 0.25) is 0 Å². The topological polar surface area (TPSA) is 61.5 Å². The Morgan fingerprint density at radius 3 is 2.55 bits per heavy atom. The molecule has 0 fully saturated rings. The van der Waals surface area contributed by atoms with Crippen molar-refractivity contribution in [1.82, 2.24) is 0 Å². The van der Waals surface area contributed by atoms with Gasteiger partial charge in [0.15, 0.2) is 0 Å². The van der Waals surface area contributed by atoms with Crippen molar-refractivity contribution in [3.8, 4) is 5.75 Å². The number of aryl methyl sites for hydroxylation is 1. The van der Waals surface area contributed by atoms with Crippen LogP contribution in [-0.2, 0) is 16.0 Å². The van der Waals surface area contributed by atoms with Crippen molar-refractivity contribution < 1.29 is 14.3 Å². The highest BCUT2D eigenvalue weighted by molar-refractivity contribution is 5.77. The minimum atomic E-state index is -0.683. The van der Waals surface area contributed by atoms with E-state index in [0.717, 1.165) is 16.9 Å². The number of carbonyl (C=O) groups excluding carboxylic acids is 1. The fraction of sp³-hybridized carbons (Fsp3) is 0.562. The Labute approximate surface area is 121 Å². The van der Waals surface area contributed by atoms with Crippen LogP contribution in [0, 0.1) is 12.3 Å². The average Bonchev–Trinajstić information content (AvgIpc) is 2.45. The zero-order valence-electron chi connectivity index (χ0n) is 12.9. The van der Waals surface area contributed by atoms with Gasteiger partial charge in [-0.05, 0) is 38.3 Å². The van der Waals surface area contributed by atoms with Crippen LogP contribution in [0.1, 0.15) is 31.4 Å². The van der Waals surface area contributed by atoms with E-state index in [-0.39, 0.29) is 12.5 Å². The number of hydrogen-bond acceptors (Lipinski definition) is 4. The van der Waals surface area contributed by atoms with E-state index in [9.17, 15) is 4.79 Å². The number of benzene rings is 1. The highest BCUT2D eigenvalue weighted by Gasteiger charge is 2.37. The predicted octanol–water partition coefficient (Wildman–Crippen LogP) is 2.46. The molecule has 1 aromatic rings. The fourth-order valence-electron chi connectivity index (χ4n) is 2.34. The first-order chi connectivity index (χ1) is 9.52. The Balaban J connectivity index is 3.13. The molecule has 0 heterocycles. The van der Waals surface area contributed by atoms with Crippen molar-refractivity contribution in [3.63, 3.8) is 0 Å². The maximum atomic E-state index is 12.3. The lowest BCUT2D eigenvalue weighted by atomic mass is 9.78. The summed E-state index contributed by atoms with van der Waals surface area (Å²) in [6.45, 7) is 6.42. The smallest absolute Gasteiger partial charge is 0.313 e. The Hall–Kier alpha value is -1.55. The van der Waals surface area contributed by atoms with Crippen LogP contribution in [-0.4, -0.2) is 26.2 Å². The summed E-state index contributed by atoms with van der Waals surface area (Å²) in [4.78, 5) is 12.3. The van der Waals surface area contributed by atoms with Crippen LogP contribution in [0.3, 0.4) is 0 Å². The van der Waals surface area contributed by atoms with E-state index in [1.54, 1.807) is 7.11 Å². The van der Waals surface area contributed by atoms with E-state index >= 15 is 0 Å². The van der Waals surface area contributed by atoms with Crippen molar-refractivity contribution in [2.45, 2.75) is 33.6 Å². The van der Waals surface area contributed by atoms with Gasteiger partial charge in [-0.2, -0.15) is 0 Å². The van der Waals surface area contributed by atoms with Gasteiger partial charge >= 0.3 is 5.97 Å². The second-order valence-electron chi connectivity index (χ2n) is 5.05. The zero-order chi connectivity index (χ0) is 15.2. The minimum absolute atomic E-state index is 0.228. The third kappa shape index (κ3) is 3.51. The molecule has 0 amide bonds.